The van der Waals surface area contributed by atoms with Gasteiger partial charge in [0.05, 0.1) is 29.7 Å². The van der Waals surface area contributed by atoms with E-state index in [1.54, 1.807) is 47.9 Å². The molecule has 0 aliphatic rings. The second kappa shape index (κ2) is 10.9. The van der Waals surface area contributed by atoms with Crippen LogP contribution in [0.5, 0.6) is 5.75 Å². The van der Waals surface area contributed by atoms with Crippen LogP contribution in [0.25, 0.3) is 42.2 Å². The number of ether oxygens (including phenoxy) is 1. The molecule has 4 aromatic carbocycles. The van der Waals surface area contributed by atoms with Gasteiger partial charge in [0.25, 0.3) is 10.1 Å². The lowest BCUT2D eigenvalue weighted by atomic mass is 10.1. The van der Waals surface area contributed by atoms with Crippen LogP contribution in [0.1, 0.15) is 6.42 Å². The summed E-state index contributed by atoms with van der Waals surface area (Å²) in [7, 11) is -4.52. The number of aromatic nitrogens is 1. The van der Waals surface area contributed by atoms with E-state index >= 15 is 0 Å². The minimum atomic E-state index is -4.52. The van der Waals surface area contributed by atoms with E-state index in [2.05, 4.69) is 27.3 Å². The molecule has 2 aromatic heterocycles. The fraction of sp³-hybridized carbons (Fsp3) is 0.100. The van der Waals surface area contributed by atoms with Crippen molar-refractivity contribution >= 4 is 69.5 Å². The van der Waals surface area contributed by atoms with Crippen molar-refractivity contribution in [3.8, 4) is 17.0 Å². The number of hydrogen-bond acceptors (Lipinski definition) is 9. The second-order valence-electron chi connectivity index (χ2n) is 9.27. The molecule has 11 heteroatoms. The zero-order valence-electron chi connectivity index (χ0n) is 21.6. The predicted octanol–water partition coefficient (Wildman–Crippen LogP) is 7.28. The molecule has 0 saturated heterocycles. The van der Waals surface area contributed by atoms with Crippen LogP contribution in [0.4, 0.5) is 17.1 Å². The van der Waals surface area contributed by atoms with Gasteiger partial charge >= 0.3 is 0 Å². The van der Waals surface area contributed by atoms with Crippen molar-refractivity contribution in [3.05, 3.63) is 85.1 Å². The van der Waals surface area contributed by atoms with Crippen molar-refractivity contribution in [1.82, 2.24) is 4.98 Å². The van der Waals surface area contributed by atoms with Crippen LogP contribution in [0.2, 0.25) is 0 Å². The highest BCUT2D eigenvalue weighted by atomic mass is 32.2. The molecule has 6 aromatic rings. The number of nitrogens with zero attached hydrogens (tertiary/aromatic N) is 3. The van der Waals surface area contributed by atoms with Gasteiger partial charge in [-0.1, -0.05) is 42.5 Å². The fourth-order valence-corrected chi connectivity index (χ4v) is 6.70. The number of aliphatic hydroxyl groups excluding tert-OH is 1. The van der Waals surface area contributed by atoms with Crippen LogP contribution in [0.15, 0.2) is 100 Å². The summed E-state index contributed by atoms with van der Waals surface area (Å²) in [5, 5.41) is 20.6. The molecular formula is C30H24N4O5S2. The van der Waals surface area contributed by atoms with Crippen LogP contribution in [-0.2, 0) is 10.1 Å². The number of hydrogen-bond donors (Lipinski definition) is 3. The third-order valence-electron chi connectivity index (χ3n) is 6.65. The molecule has 206 valence electrons. The molecule has 0 bridgehead atoms. The van der Waals surface area contributed by atoms with E-state index in [0.717, 1.165) is 25.7 Å². The highest BCUT2D eigenvalue weighted by Gasteiger charge is 2.19. The maximum atomic E-state index is 12.0. The van der Waals surface area contributed by atoms with Crippen LogP contribution in [0.3, 0.4) is 0 Å². The summed E-state index contributed by atoms with van der Waals surface area (Å²) in [5.41, 5.74) is 8.56. The lowest BCUT2D eigenvalue weighted by Gasteiger charge is -2.12. The molecular weight excluding hydrogens is 560 g/mol. The Bertz CT molecular complexity index is 2060. The number of azo groups is 1. The quantitative estimate of drug-likeness (QED) is 0.0737. The zero-order chi connectivity index (χ0) is 28.6. The van der Waals surface area contributed by atoms with Crippen LogP contribution >= 0.6 is 11.3 Å². The normalized spacial score (nSPS) is 12.1. The first kappa shape index (κ1) is 26.8. The zero-order valence-corrected chi connectivity index (χ0v) is 23.2. The van der Waals surface area contributed by atoms with Crippen molar-refractivity contribution in [2.45, 2.75) is 11.3 Å². The van der Waals surface area contributed by atoms with E-state index in [0.29, 0.717) is 40.9 Å². The molecule has 0 aliphatic carbocycles. The number of thiophene rings is 1. The van der Waals surface area contributed by atoms with E-state index in [-0.39, 0.29) is 22.9 Å². The Hall–Kier alpha value is -4.42. The first-order chi connectivity index (χ1) is 19.8. The number of pyridine rings is 1. The number of nitrogen functional groups attached to an aromatic ring is 1. The Labute approximate surface area is 239 Å². The molecule has 4 N–H and O–H groups in total. The maximum absolute atomic E-state index is 12.0. The number of benzene rings is 4. The van der Waals surface area contributed by atoms with Crippen molar-refractivity contribution in [2.75, 3.05) is 18.9 Å². The molecule has 0 atom stereocenters. The van der Waals surface area contributed by atoms with E-state index in [1.807, 2.05) is 30.3 Å². The SMILES string of the molecule is Nc1c(N=Nc2ccc(-c3c(OCCCO)ccc4c3sc3ccccc34)nc2)cc(S(=O)(=O)O)c2ccccc12. The minimum absolute atomic E-state index is 0.0336. The Kier molecular flexibility index (Phi) is 7.10. The fourth-order valence-electron chi connectivity index (χ4n) is 4.73. The summed E-state index contributed by atoms with van der Waals surface area (Å²) in [6.45, 7) is 0.400. The van der Waals surface area contributed by atoms with Crippen molar-refractivity contribution < 1.29 is 22.8 Å². The van der Waals surface area contributed by atoms with Gasteiger partial charge in [-0.05, 0) is 36.4 Å². The Morgan fingerprint density at radius 3 is 2.39 bits per heavy atom. The Morgan fingerprint density at radius 1 is 0.902 bits per heavy atom. The lowest BCUT2D eigenvalue weighted by molar-refractivity contribution is 0.234. The average molecular weight is 585 g/mol. The summed E-state index contributed by atoms with van der Waals surface area (Å²) >= 11 is 1.66. The van der Waals surface area contributed by atoms with Gasteiger partial charge in [0.1, 0.15) is 22.0 Å². The van der Waals surface area contributed by atoms with E-state index in [1.165, 1.54) is 6.07 Å². The second-order valence-corrected chi connectivity index (χ2v) is 11.7. The molecule has 2 heterocycles. The van der Waals surface area contributed by atoms with Gasteiger partial charge in [-0.25, -0.2) is 0 Å². The first-order valence-corrected chi connectivity index (χ1v) is 15.0. The topological polar surface area (TPSA) is 147 Å². The van der Waals surface area contributed by atoms with Crippen molar-refractivity contribution in [1.29, 1.82) is 0 Å². The molecule has 41 heavy (non-hydrogen) atoms. The molecule has 0 fully saturated rings. The maximum Gasteiger partial charge on any atom is 0.295 e. The number of anilines is 1. The van der Waals surface area contributed by atoms with Crippen molar-refractivity contribution in [2.24, 2.45) is 10.2 Å². The van der Waals surface area contributed by atoms with Gasteiger partial charge in [0, 0.05) is 44.0 Å². The number of nitrogens with two attached hydrogens (primary N) is 1. The monoisotopic (exact) mass is 584 g/mol. The largest absolute Gasteiger partial charge is 0.493 e. The molecule has 6 rings (SSSR count). The highest BCUT2D eigenvalue weighted by Crippen LogP contribution is 2.44. The third-order valence-corrected chi connectivity index (χ3v) is 8.75. The summed E-state index contributed by atoms with van der Waals surface area (Å²) in [5.74, 6) is 0.668. The van der Waals surface area contributed by atoms with Crippen LogP contribution in [-0.4, -0.2) is 36.3 Å². The molecule has 0 aliphatic heterocycles. The van der Waals surface area contributed by atoms with Gasteiger partial charge in [-0.3, -0.25) is 9.54 Å². The molecule has 0 amide bonds. The summed E-state index contributed by atoms with van der Waals surface area (Å²) in [4.78, 5) is 4.36. The number of rotatable bonds is 8. The first-order valence-electron chi connectivity index (χ1n) is 12.7. The summed E-state index contributed by atoms with van der Waals surface area (Å²) in [6, 6.07) is 23.5. The average Bonchev–Trinajstić information content (AvgIpc) is 3.35. The molecule has 0 saturated carbocycles. The smallest absolute Gasteiger partial charge is 0.295 e. The number of aliphatic hydroxyl groups is 1. The molecule has 9 nitrogen and oxygen atoms in total. The summed E-state index contributed by atoms with van der Waals surface area (Å²) in [6.07, 6.45) is 2.07. The van der Waals surface area contributed by atoms with Gasteiger partial charge < -0.3 is 15.6 Å². The Balaban J connectivity index is 1.40. The third kappa shape index (κ3) is 5.11. The van der Waals surface area contributed by atoms with Gasteiger partial charge in [-0.15, -0.1) is 21.6 Å². The lowest BCUT2D eigenvalue weighted by Crippen LogP contribution is -2.01. The Morgan fingerprint density at radius 2 is 1.66 bits per heavy atom. The van der Waals surface area contributed by atoms with Gasteiger partial charge in [0.2, 0.25) is 0 Å². The van der Waals surface area contributed by atoms with E-state index in [9.17, 15) is 18.1 Å². The van der Waals surface area contributed by atoms with Gasteiger partial charge in [0.15, 0.2) is 0 Å². The highest BCUT2D eigenvalue weighted by molar-refractivity contribution is 7.86. The number of fused-ring (bicyclic) bond motifs is 4. The van der Waals surface area contributed by atoms with Crippen molar-refractivity contribution in [3.63, 3.8) is 0 Å². The molecule has 0 unspecified atom stereocenters. The minimum Gasteiger partial charge on any atom is -0.493 e. The predicted molar refractivity (Wildman–Crippen MR) is 162 cm³/mol. The standard InChI is InChI=1S/C30H24N4O5S2/c31-29-21-8-2-1-7-20(21)27(41(36,37)38)16-24(29)34-33-18-10-12-23(32-17-18)28-25(39-15-5-14-35)13-11-22-19-6-3-4-9-26(19)40-30(22)28/h1-4,6-13,16-17,35H,5,14-15,31H2,(H,36,37,38). The van der Waals surface area contributed by atoms with E-state index in [4.69, 9.17) is 10.5 Å². The van der Waals surface area contributed by atoms with Gasteiger partial charge in [-0.2, -0.15) is 8.42 Å². The molecule has 0 radical (unpaired) electrons. The summed E-state index contributed by atoms with van der Waals surface area (Å²) < 4.78 is 42.1. The van der Waals surface area contributed by atoms with Crippen LogP contribution in [0, 0.1) is 0 Å². The van der Waals surface area contributed by atoms with E-state index < -0.39 is 10.1 Å². The van der Waals surface area contributed by atoms with Crippen LogP contribution < -0.4 is 10.5 Å². The molecule has 0 spiro atoms.